The van der Waals surface area contributed by atoms with E-state index in [1.807, 2.05) is 4.72 Å². The van der Waals surface area contributed by atoms with Crippen LogP contribution in [0.25, 0.3) is 0 Å². The lowest BCUT2D eigenvalue weighted by atomic mass is 10.2. The van der Waals surface area contributed by atoms with Crippen molar-refractivity contribution in [3.63, 3.8) is 0 Å². The molecule has 98 valence electrons. The third kappa shape index (κ3) is 3.11. The van der Waals surface area contributed by atoms with Crippen LogP contribution in [0.1, 0.15) is 17.2 Å². The molecule has 2 N–H and O–H groups in total. The van der Waals surface area contributed by atoms with Crippen LogP contribution < -0.4 is 4.72 Å². The van der Waals surface area contributed by atoms with Gasteiger partial charge in [0.2, 0.25) is 0 Å². The molecule has 2 aromatic rings. The van der Waals surface area contributed by atoms with E-state index < -0.39 is 51.1 Å². The summed E-state index contributed by atoms with van der Waals surface area (Å²) >= 11 is 0. The van der Waals surface area contributed by atoms with Crippen molar-refractivity contribution in [3.8, 4) is 0 Å². The second-order valence-corrected chi connectivity index (χ2v) is 5.06. The van der Waals surface area contributed by atoms with Gasteiger partial charge >= 0.3 is 5.97 Å². The lowest BCUT2D eigenvalue weighted by Crippen LogP contribution is -2.13. The van der Waals surface area contributed by atoms with Gasteiger partial charge in [-0.1, -0.05) is 24.2 Å². The molecule has 0 aliphatic heterocycles. The summed E-state index contributed by atoms with van der Waals surface area (Å²) in [4.78, 5) is 10.0. The summed E-state index contributed by atoms with van der Waals surface area (Å²) in [5.41, 5.74) is -0.280. The predicted octanol–water partition coefficient (Wildman–Crippen LogP) is 2.19. The molecule has 2 rings (SSSR count). The van der Waals surface area contributed by atoms with E-state index in [4.69, 9.17) is 12.0 Å². The number of carbonyl (C=O) groups is 1. The van der Waals surface area contributed by atoms with Gasteiger partial charge in [0.1, 0.15) is 0 Å². The molecule has 0 fully saturated rings. The Morgan fingerprint density at radius 1 is 1.21 bits per heavy atom. The van der Waals surface area contributed by atoms with Gasteiger partial charge in [0.15, 0.2) is 0 Å². The molecule has 0 heterocycles. The smallest absolute Gasteiger partial charge is 0.335 e. The maximum absolute atomic E-state index is 12.4. The topological polar surface area (TPSA) is 83.5 Å². The molecule has 0 aliphatic carbocycles. The Labute approximate surface area is 117 Å². The van der Waals surface area contributed by atoms with Crippen LogP contribution in [0.3, 0.4) is 0 Å². The molecule has 2 aromatic carbocycles. The van der Waals surface area contributed by atoms with Gasteiger partial charge in [-0.25, -0.2) is 13.2 Å². The van der Waals surface area contributed by atoms with Gasteiger partial charge in [0.05, 0.1) is 17.3 Å². The van der Waals surface area contributed by atoms with Crippen LogP contribution in [0, 0.1) is 0 Å². The summed E-state index contributed by atoms with van der Waals surface area (Å²) in [5, 5.41) is 8.91. The molecule has 0 saturated carbocycles. The number of carboxylic acids is 1. The maximum Gasteiger partial charge on any atom is 0.335 e. The lowest BCUT2D eigenvalue weighted by Gasteiger charge is -2.08. The van der Waals surface area contributed by atoms with Gasteiger partial charge in [-0.05, 0) is 30.3 Å². The normalized spacial score (nSPS) is 14.6. The highest BCUT2D eigenvalue weighted by atomic mass is 32.2. The highest BCUT2D eigenvalue weighted by Crippen LogP contribution is 2.16. The van der Waals surface area contributed by atoms with E-state index in [1.54, 1.807) is 0 Å². The number of hydrogen-bond acceptors (Lipinski definition) is 3. The zero-order chi connectivity index (χ0) is 18.2. The van der Waals surface area contributed by atoms with Crippen molar-refractivity contribution in [2.45, 2.75) is 4.90 Å². The minimum atomic E-state index is -4.52. The molecule has 0 saturated heterocycles. The van der Waals surface area contributed by atoms with Gasteiger partial charge in [0, 0.05) is 5.69 Å². The van der Waals surface area contributed by atoms with Crippen molar-refractivity contribution in [2.75, 3.05) is 4.72 Å². The second kappa shape index (κ2) is 5.11. The average molecular weight is 282 g/mol. The first-order valence-corrected chi connectivity index (χ1v) is 6.47. The lowest BCUT2D eigenvalue weighted by molar-refractivity contribution is 0.0697. The Kier molecular flexibility index (Phi) is 2.14. The number of anilines is 1. The van der Waals surface area contributed by atoms with Gasteiger partial charge in [-0.2, -0.15) is 0 Å². The number of aromatic carboxylic acids is 1. The first kappa shape index (κ1) is 7.96. The highest BCUT2D eigenvalue weighted by Gasteiger charge is 2.14. The first-order valence-electron chi connectivity index (χ1n) is 7.49. The van der Waals surface area contributed by atoms with Crippen LogP contribution in [0.4, 0.5) is 5.69 Å². The molecule has 19 heavy (non-hydrogen) atoms. The average Bonchev–Trinajstić information content (AvgIpc) is 2.50. The molecule has 0 amide bonds. The Balaban J connectivity index is 2.57. The van der Waals surface area contributed by atoms with Crippen molar-refractivity contribution in [1.29, 1.82) is 0 Å². The second-order valence-electron chi connectivity index (χ2n) is 3.45. The fraction of sp³-hybridized carbons (Fsp3) is 0. The standard InChI is InChI=1S/C13H11NO4S/c15-13(16)10-5-4-6-11(9-10)14-19(17,18)12-7-2-1-3-8-12/h1-9,14H,(H,15,16)/i1D,2D,3D,7D,8D. The first-order chi connectivity index (χ1) is 11.1. The number of rotatable bonds is 4. The van der Waals surface area contributed by atoms with Crippen molar-refractivity contribution in [2.24, 2.45) is 0 Å². The van der Waals surface area contributed by atoms with E-state index in [-0.39, 0.29) is 11.3 Å². The Hall–Kier alpha value is -2.34. The third-order valence-electron chi connectivity index (χ3n) is 2.11. The van der Waals surface area contributed by atoms with Crippen LogP contribution in [0.2, 0.25) is 0 Å². The molecular weight excluding hydrogens is 266 g/mol. The molecular formula is C13H11NO4S. The van der Waals surface area contributed by atoms with Crippen molar-refractivity contribution in [1.82, 2.24) is 0 Å². The van der Waals surface area contributed by atoms with Crippen LogP contribution in [-0.2, 0) is 10.0 Å². The van der Waals surface area contributed by atoms with Crippen LogP contribution in [0.15, 0.2) is 59.4 Å². The van der Waals surface area contributed by atoms with Crippen molar-refractivity contribution >= 4 is 21.7 Å². The highest BCUT2D eigenvalue weighted by molar-refractivity contribution is 7.92. The fourth-order valence-electron chi connectivity index (χ4n) is 1.29. The number of benzene rings is 2. The van der Waals surface area contributed by atoms with E-state index in [0.29, 0.717) is 0 Å². The van der Waals surface area contributed by atoms with Crippen molar-refractivity contribution in [3.05, 3.63) is 60.0 Å². The number of carboxylic acid groups (broad SMARTS) is 1. The molecule has 0 radical (unpaired) electrons. The van der Waals surface area contributed by atoms with E-state index in [0.717, 1.165) is 6.07 Å². The van der Waals surface area contributed by atoms with E-state index in [9.17, 15) is 13.2 Å². The monoisotopic (exact) mass is 282 g/mol. The molecule has 0 unspecified atom stereocenters. The summed E-state index contributed by atoms with van der Waals surface area (Å²) in [6, 6.07) is 0.872. The van der Waals surface area contributed by atoms with E-state index >= 15 is 0 Å². The Morgan fingerprint density at radius 3 is 2.53 bits per heavy atom. The quantitative estimate of drug-likeness (QED) is 0.900. The van der Waals surface area contributed by atoms with Gasteiger partial charge in [-0.3, -0.25) is 4.72 Å². The summed E-state index contributed by atoms with van der Waals surface area (Å²) in [7, 11) is -4.52. The van der Waals surface area contributed by atoms with Gasteiger partial charge in [0.25, 0.3) is 10.0 Å². The summed E-state index contributed by atoms with van der Waals surface area (Å²) in [5.74, 6) is -1.26. The van der Waals surface area contributed by atoms with Crippen LogP contribution in [-0.4, -0.2) is 19.5 Å². The molecule has 0 bridgehead atoms. The Bertz CT molecular complexity index is 917. The largest absolute Gasteiger partial charge is 0.478 e. The molecule has 0 spiro atoms. The predicted molar refractivity (Wildman–Crippen MR) is 70.7 cm³/mol. The number of nitrogens with one attached hydrogen (secondary N) is 1. The molecule has 6 heteroatoms. The fourth-order valence-corrected chi connectivity index (χ4v) is 2.20. The van der Waals surface area contributed by atoms with Crippen LogP contribution in [0.5, 0.6) is 0 Å². The van der Waals surface area contributed by atoms with Crippen LogP contribution >= 0.6 is 0 Å². The third-order valence-corrected chi connectivity index (χ3v) is 3.35. The maximum atomic E-state index is 12.4. The summed E-state index contributed by atoms with van der Waals surface area (Å²) in [6.45, 7) is 0. The molecule has 0 aromatic heterocycles. The zero-order valence-electron chi connectivity index (χ0n) is 14.4. The van der Waals surface area contributed by atoms with Gasteiger partial charge in [-0.15, -0.1) is 0 Å². The molecule has 0 atom stereocenters. The molecule has 5 nitrogen and oxygen atoms in total. The number of hydrogen-bond donors (Lipinski definition) is 2. The van der Waals surface area contributed by atoms with Gasteiger partial charge < -0.3 is 5.11 Å². The summed E-state index contributed by atoms with van der Waals surface area (Å²) < 4.78 is 64.7. The van der Waals surface area contributed by atoms with E-state index in [1.165, 1.54) is 18.2 Å². The summed E-state index contributed by atoms with van der Waals surface area (Å²) in [6.07, 6.45) is 0. The van der Waals surface area contributed by atoms with Crippen molar-refractivity contribution < 1.29 is 25.2 Å². The Morgan fingerprint density at radius 2 is 1.89 bits per heavy atom. The minimum Gasteiger partial charge on any atom is -0.478 e. The minimum absolute atomic E-state index is 0.110. The molecule has 0 aliphatic rings. The zero-order valence-corrected chi connectivity index (χ0v) is 10.2. The SMILES string of the molecule is [2H]c1c([2H])c([2H])c(S(=O)(=O)Nc2cccc(C(=O)O)c2)c([2H])c1[2H]. The van der Waals surface area contributed by atoms with E-state index in [2.05, 4.69) is 0 Å². The number of sulfonamides is 1.